The Morgan fingerprint density at radius 1 is 1.14 bits per heavy atom. The molecule has 2 nitrogen and oxygen atoms in total. The van der Waals surface area contributed by atoms with Gasteiger partial charge in [0.25, 0.3) is 0 Å². The number of halogens is 1. The van der Waals surface area contributed by atoms with Crippen molar-refractivity contribution in [3.8, 4) is 5.75 Å². The number of ether oxygens (including phenoxy) is 1. The molecule has 2 aromatic rings. The molecule has 1 heterocycles. The Bertz CT molecular complexity index is 568. The average molecular weight is 324 g/mol. The molecule has 0 aliphatic carbocycles. The van der Waals surface area contributed by atoms with E-state index in [9.17, 15) is 0 Å². The predicted octanol–water partition coefficient (Wildman–Crippen LogP) is 5.04. The SMILES string of the molecule is CCCNCc1cc(Cl)ccc1OCc1ccc(CC)s1. The summed E-state index contributed by atoms with van der Waals surface area (Å²) in [6.45, 7) is 6.73. The lowest BCUT2D eigenvalue weighted by molar-refractivity contribution is 0.305. The fourth-order valence-electron chi connectivity index (χ4n) is 2.07. The smallest absolute Gasteiger partial charge is 0.124 e. The molecule has 0 aliphatic heterocycles. The first-order valence-electron chi connectivity index (χ1n) is 7.42. The summed E-state index contributed by atoms with van der Waals surface area (Å²) in [5.41, 5.74) is 1.11. The third-order valence-electron chi connectivity index (χ3n) is 3.20. The Morgan fingerprint density at radius 3 is 2.67 bits per heavy atom. The molecule has 0 bridgehead atoms. The predicted molar refractivity (Wildman–Crippen MR) is 91.5 cm³/mol. The number of thiophene rings is 1. The first-order chi connectivity index (χ1) is 10.2. The van der Waals surface area contributed by atoms with Gasteiger partial charge in [0, 0.05) is 26.9 Å². The van der Waals surface area contributed by atoms with Crippen molar-refractivity contribution in [3.05, 3.63) is 50.7 Å². The van der Waals surface area contributed by atoms with Crippen molar-refractivity contribution in [2.45, 2.75) is 39.8 Å². The van der Waals surface area contributed by atoms with Crippen molar-refractivity contribution < 1.29 is 4.74 Å². The highest BCUT2D eigenvalue weighted by molar-refractivity contribution is 7.11. The molecule has 0 saturated carbocycles. The number of nitrogens with one attached hydrogen (secondary N) is 1. The molecule has 1 aromatic carbocycles. The zero-order valence-electron chi connectivity index (χ0n) is 12.6. The zero-order valence-corrected chi connectivity index (χ0v) is 14.2. The Balaban J connectivity index is 2.00. The van der Waals surface area contributed by atoms with Gasteiger partial charge in [0.2, 0.25) is 0 Å². The van der Waals surface area contributed by atoms with E-state index in [-0.39, 0.29) is 0 Å². The van der Waals surface area contributed by atoms with E-state index in [0.29, 0.717) is 6.61 Å². The van der Waals surface area contributed by atoms with Crippen molar-refractivity contribution >= 4 is 22.9 Å². The minimum atomic E-state index is 0.618. The quantitative estimate of drug-likeness (QED) is 0.687. The molecule has 0 saturated heterocycles. The van der Waals surface area contributed by atoms with Crippen molar-refractivity contribution in [1.82, 2.24) is 5.32 Å². The van der Waals surface area contributed by atoms with E-state index in [2.05, 4.69) is 31.3 Å². The van der Waals surface area contributed by atoms with Crippen molar-refractivity contribution in [1.29, 1.82) is 0 Å². The molecule has 0 atom stereocenters. The second-order valence-corrected chi connectivity index (χ2v) is 6.63. The number of hydrogen-bond donors (Lipinski definition) is 1. The molecule has 0 radical (unpaired) electrons. The maximum atomic E-state index is 6.09. The van der Waals surface area contributed by atoms with Crippen LogP contribution in [0.2, 0.25) is 5.02 Å². The Kier molecular flexibility index (Phi) is 6.55. The lowest BCUT2D eigenvalue weighted by Crippen LogP contribution is -2.14. The van der Waals surface area contributed by atoms with Gasteiger partial charge in [0.1, 0.15) is 12.4 Å². The van der Waals surface area contributed by atoms with E-state index in [1.54, 1.807) is 0 Å². The van der Waals surface area contributed by atoms with Gasteiger partial charge in [-0.3, -0.25) is 0 Å². The molecular formula is C17H22ClNOS. The fraction of sp³-hybridized carbons (Fsp3) is 0.412. The molecule has 0 aliphatic rings. The summed E-state index contributed by atoms with van der Waals surface area (Å²) in [5.74, 6) is 0.912. The van der Waals surface area contributed by atoms with Gasteiger partial charge in [-0.05, 0) is 49.7 Å². The first-order valence-corrected chi connectivity index (χ1v) is 8.62. The van der Waals surface area contributed by atoms with Gasteiger partial charge in [0.05, 0.1) is 0 Å². The van der Waals surface area contributed by atoms with E-state index in [4.69, 9.17) is 16.3 Å². The molecule has 0 unspecified atom stereocenters. The van der Waals surface area contributed by atoms with Gasteiger partial charge in [-0.2, -0.15) is 0 Å². The lowest BCUT2D eigenvalue weighted by Gasteiger charge is -2.12. The number of rotatable bonds is 8. The van der Waals surface area contributed by atoms with Gasteiger partial charge in [-0.25, -0.2) is 0 Å². The summed E-state index contributed by atoms with van der Waals surface area (Å²) < 4.78 is 5.98. The van der Waals surface area contributed by atoms with E-state index in [0.717, 1.165) is 42.3 Å². The summed E-state index contributed by atoms with van der Waals surface area (Å²) in [7, 11) is 0. The molecule has 1 N–H and O–H groups in total. The van der Waals surface area contributed by atoms with Crippen LogP contribution in [0, 0.1) is 0 Å². The highest BCUT2D eigenvalue weighted by Gasteiger charge is 2.06. The summed E-state index contributed by atoms with van der Waals surface area (Å²) in [6, 6.07) is 10.1. The minimum absolute atomic E-state index is 0.618. The lowest BCUT2D eigenvalue weighted by atomic mass is 10.2. The Hall–Kier alpha value is -1.03. The summed E-state index contributed by atoms with van der Waals surface area (Å²) in [6.07, 6.45) is 2.20. The summed E-state index contributed by atoms with van der Waals surface area (Å²) in [5, 5.41) is 4.14. The van der Waals surface area contributed by atoms with Crippen LogP contribution in [0.1, 0.15) is 35.6 Å². The monoisotopic (exact) mass is 323 g/mol. The third-order valence-corrected chi connectivity index (χ3v) is 4.64. The van der Waals surface area contributed by atoms with Crippen LogP contribution in [0.3, 0.4) is 0 Å². The number of hydrogen-bond acceptors (Lipinski definition) is 3. The number of aryl methyl sites for hydroxylation is 1. The van der Waals surface area contributed by atoms with Gasteiger partial charge in [0.15, 0.2) is 0 Å². The van der Waals surface area contributed by atoms with Crippen LogP contribution in [-0.2, 0) is 19.6 Å². The molecule has 114 valence electrons. The molecule has 4 heteroatoms. The van der Waals surface area contributed by atoms with Gasteiger partial charge in [-0.15, -0.1) is 11.3 Å². The summed E-state index contributed by atoms with van der Waals surface area (Å²) in [4.78, 5) is 2.66. The highest BCUT2D eigenvalue weighted by atomic mass is 35.5. The van der Waals surface area contributed by atoms with Crippen LogP contribution in [0.4, 0.5) is 0 Å². The maximum Gasteiger partial charge on any atom is 0.124 e. The molecule has 0 spiro atoms. The van der Waals surface area contributed by atoms with Gasteiger partial charge >= 0.3 is 0 Å². The molecule has 21 heavy (non-hydrogen) atoms. The van der Waals surface area contributed by atoms with Crippen LogP contribution in [0.5, 0.6) is 5.75 Å². The normalized spacial score (nSPS) is 10.8. The molecule has 1 aromatic heterocycles. The molecule has 2 rings (SSSR count). The van der Waals surface area contributed by atoms with E-state index in [1.807, 2.05) is 29.5 Å². The second kappa shape index (κ2) is 8.42. The zero-order chi connectivity index (χ0) is 15.1. The second-order valence-electron chi connectivity index (χ2n) is 4.94. The van der Waals surface area contributed by atoms with Crippen molar-refractivity contribution in [3.63, 3.8) is 0 Å². The maximum absolute atomic E-state index is 6.09. The van der Waals surface area contributed by atoms with Gasteiger partial charge < -0.3 is 10.1 Å². The van der Waals surface area contributed by atoms with E-state index >= 15 is 0 Å². The average Bonchev–Trinajstić information content (AvgIpc) is 2.95. The van der Waals surface area contributed by atoms with Crippen LogP contribution >= 0.6 is 22.9 Å². The fourth-order valence-corrected chi connectivity index (χ4v) is 3.13. The first kappa shape index (κ1) is 16.3. The topological polar surface area (TPSA) is 21.3 Å². The molecular weight excluding hydrogens is 302 g/mol. The van der Waals surface area contributed by atoms with E-state index < -0.39 is 0 Å². The van der Waals surface area contributed by atoms with Crippen molar-refractivity contribution in [2.75, 3.05) is 6.54 Å². The standard InChI is InChI=1S/C17H22ClNOS/c1-3-9-19-11-13-10-14(18)5-8-17(13)20-12-16-7-6-15(4-2)21-16/h5-8,10,19H,3-4,9,11-12H2,1-2H3. The van der Waals surface area contributed by atoms with Gasteiger partial charge in [-0.1, -0.05) is 25.4 Å². The minimum Gasteiger partial charge on any atom is -0.488 e. The third kappa shape index (κ3) is 5.03. The van der Waals surface area contributed by atoms with Crippen molar-refractivity contribution in [2.24, 2.45) is 0 Å². The van der Waals surface area contributed by atoms with Crippen LogP contribution < -0.4 is 10.1 Å². The summed E-state index contributed by atoms with van der Waals surface area (Å²) >= 11 is 7.90. The Morgan fingerprint density at radius 2 is 1.95 bits per heavy atom. The largest absolute Gasteiger partial charge is 0.488 e. The number of benzene rings is 1. The van der Waals surface area contributed by atoms with E-state index in [1.165, 1.54) is 9.75 Å². The molecule has 0 amide bonds. The van der Waals surface area contributed by atoms with Crippen LogP contribution in [-0.4, -0.2) is 6.54 Å². The highest BCUT2D eigenvalue weighted by Crippen LogP contribution is 2.25. The van der Waals surface area contributed by atoms with Crippen LogP contribution in [0.25, 0.3) is 0 Å². The molecule has 0 fully saturated rings. The van der Waals surface area contributed by atoms with Crippen LogP contribution in [0.15, 0.2) is 30.3 Å². The Labute approximate surface area is 136 Å².